The topological polar surface area (TPSA) is 46.9 Å². The summed E-state index contributed by atoms with van der Waals surface area (Å²) in [5.41, 5.74) is 1.87. The molecule has 0 saturated carbocycles. The van der Waals surface area contributed by atoms with Crippen LogP contribution < -0.4 is 5.32 Å². The number of hydrogen-bond donors (Lipinski definition) is 1. The molecular weight excluding hydrogens is 330 g/mol. The third-order valence-electron chi connectivity index (χ3n) is 4.62. The standard InChI is InChI=1S/C16H26BrN3O/c1-4-7-16(8-6-9-18-11-16)14(21)10-13-15(17)12(5-2)19-20(13)3/h18H,4-11H2,1-3H3. The Labute approximate surface area is 135 Å². The highest BCUT2D eigenvalue weighted by molar-refractivity contribution is 9.10. The average molecular weight is 356 g/mol. The fourth-order valence-corrected chi connectivity index (χ4v) is 4.15. The van der Waals surface area contributed by atoms with Crippen molar-refractivity contribution in [2.75, 3.05) is 13.1 Å². The number of aromatic nitrogens is 2. The molecule has 1 aliphatic heterocycles. The molecular formula is C16H26BrN3O. The summed E-state index contributed by atoms with van der Waals surface area (Å²) in [7, 11) is 1.93. The summed E-state index contributed by atoms with van der Waals surface area (Å²) >= 11 is 3.62. The highest BCUT2D eigenvalue weighted by atomic mass is 79.9. The van der Waals surface area contributed by atoms with E-state index in [0.717, 1.165) is 61.1 Å². The minimum atomic E-state index is -0.177. The van der Waals surface area contributed by atoms with Gasteiger partial charge in [0.15, 0.2) is 0 Å². The molecule has 2 heterocycles. The van der Waals surface area contributed by atoms with Crippen LogP contribution in [0.15, 0.2) is 4.47 Å². The minimum Gasteiger partial charge on any atom is -0.316 e. The van der Waals surface area contributed by atoms with Crippen LogP contribution in [0.4, 0.5) is 0 Å². The number of Topliss-reactive ketones (excluding diaryl/α,β-unsaturated/α-hetero) is 1. The lowest BCUT2D eigenvalue weighted by Crippen LogP contribution is -2.46. The quantitative estimate of drug-likeness (QED) is 0.852. The van der Waals surface area contributed by atoms with Crippen LogP contribution >= 0.6 is 15.9 Å². The predicted octanol–water partition coefficient (Wildman–Crippen LogP) is 3.03. The van der Waals surface area contributed by atoms with Crippen molar-refractivity contribution < 1.29 is 4.79 Å². The monoisotopic (exact) mass is 355 g/mol. The normalized spacial score (nSPS) is 22.5. The number of aryl methyl sites for hydroxylation is 2. The van der Waals surface area contributed by atoms with Gasteiger partial charge in [0.25, 0.3) is 0 Å². The zero-order valence-electron chi connectivity index (χ0n) is 13.3. The molecule has 1 N–H and O–H groups in total. The Bertz CT molecular complexity index is 498. The molecule has 4 nitrogen and oxygen atoms in total. The van der Waals surface area contributed by atoms with Crippen LogP contribution in [-0.4, -0.2) is 28.7 Å². The molecule has 0 amide bonds. The van der Waals surface area contributed by atoms with Crippen molar-refractivity contribution in [3.8, 4) is 0 Å². The van der Waals surface area contributed by atoms with E-state index < -0.39 is 0 Å². The molecule has 1 saturated heterocycles. The number of hydrogen-bond acceptors (Lipinski definition) is 3. The number of rotatable bonds is 6. The molecule has 1 aromatic heterocycles. The van der Waals surface area contributed by atoms with Crippen LogP contribution in [0.25, 0.3) is 0 Å². The maximum absolute atomic E-state index is 13.0. The zero-order valence-corrected chi connectivity index (χ0v) is 14.9. The van der Waals surface area contributed by atoms with Gasteiger partial charge in [0, 0.05) is 19.0 Å². The average Bonchev–Trinajstić information content (AvgIpc) is 2.76. The van der Waals surface area contributed by atoms with Crippen LogP contribution in [0.2, 0.25) is 0 Å². The van der Waals surface area contributed by atoms with E-state index in [4.69, 9.17) is 0 Å². The highest BCUT2D eigenvalue weighted by Crippen LogP contribution is 2.35. The van der Waals surface area contributed by atoms with Crippen molar-refractivity contribution in [2.45, 2.75) is 52.4 Å². The molecule has 5 heteroatoms. The summed E-state index contributed by atoms with van der Waals surface area (Å²) in [4.78, 5) is 13.0. The second-order valence-corrected chi connectivity index (χ2v) is 6.89. The molecule has 1 aromatic rings. The minimum absolute atomic E-state index is 0.177. The van der Waals surface area contributed by atoms with Gasteiger partial charge in [-0.1, -0.05) is 20.3 Å². The third-order valence-corrected chi connectivity index (χ3v) is 5.54. The van der Waals surface area contributed by atoms with Gasteiger partial charge in [-0.05, 0) is 48.2 Å². The molecule has 1 atom stereocenters. The smallest absolute Gasteiger partial charge is 0.146 e. The molecule has 0 aliphatic carbocycles. The Balaban J connectivity index is 2.21. The van der Waals surface area contributed by atoms with E-state index in [-0.39, 0.29) is 5.41 Å². The number of piperidine rings is 1. The molecule has 0 radical (unpaired) electrons. The summed E-state index contributed by atoms with van der Waals surface area (Å²) in [5, 5.41) is 7.92. The number of nitrogens with zero attached hydrogens (tertiary/aromatic N) is 2. The third kappa shape index (κ3) is 3.39. The van der Waals surface area contributed by atoms with Crippen LogP contribution in [0.3, 0.4) is 0 Å². The van der Waals surface area contributed by atoms with Crippen LogP contribution in [0.5, 0.6) is 0 Å². The van der Waals surface area contributed by atoms with Gasteiger partial charge in [0.2, 0.25) is 0 Å². The molecule has 1 unspecified atom stereocenters. The van der Waals surface area contributed by atoms with Crippen LogP contribution in [0, 0.1) is 5.41 Å². The lowest BCUT2D eigenvalue weighted by Gasteiger charge is -2.36. The van der Waals surface area contributed by atoms with Crippen molar-refractivity contribution >= 4 is 21.7 Å². The summed E-state index contributed by atoms with van der Waals surface area (Å²) < 4.78 is 2.87. The lowest BCUT2D eigenvalue weighted by atomic mass is 9.72. The molecule has 118 valence electrons. The van der Waals surface area contributed by atoms with Gasteiger partial charge in [-0.3, -0.25) is 9.48 Å². The summed E-state index contributed by atoms with van der Waals surface area (Å²) in [6, 6.07) is 0. The van der Waals surface area contributed by atoms with Crippen molar-refractivity contribution in [1.29, 1.82) is 0 Å². The molecule has 2 rings (SSSR count). The number of nitrogens with one attached hydrogen (secondary N) is 1. The molecule has 0 aromatic carbocycles. The Hall–Kier alpha value is -0.680. The summed E-state index contributed by atoms with van der Waals surface area (Å²) in [6.45, 7) is 6.12. The van der Waals surface area contributed by atoms with Gasteiger partial charge in [0.05, 0.1) is 22.3 Å². The number of ketones is 1. The largest absolute Gasteiger partial charge is 0.316 e. The van der Waals surface area contributed by atoms with Crippen molar-refractivity contribution in [3.05, 3.63) is 15.9 Å². The zero-order chi connectivity index (χ0) is 15.5. The first-order valence-electron chi connectivity index (χ1n) is 7.98. The van der Waals surface area contributed by atoms with Gasteiger partial charge in [-0.25, -0.2) is 0 Å². The maximum Gasteiger partial charge on any atom is 0.146 e. The first-order valence-corrected chi connectivity index (χ1v) is 8.77. The van der Waals surface area contributed by atoms with E-state index in [9.17, 15) is 4.79 Å². The van der Waals surface area contributed by atoms with E-state index in [1.54, 1.807) is 0 Å². The highest BCUT2D eigenvalue weighted by Gasteiger charge is 2.38. The number of carbonyl (C=O) groups is 1. The Morgan fingerprint density at radius 2 is 2.24 bits per heavy atom. The van der Waals surface area contributed by atoms with Gasteiger partial charge < -0.3 is 5.32 Å². The molecule has 1 fully saturated rings. The van der Waals surface area contributed by atoms with Crippen molar-refractivity contribution in [3.63, 3.8) is 0 Å². The summed E-state index contributed by atoms with van der Waals surface area (Å²) in [5.74, 6) is 0.364. The second kappa shape index (κ2) is 7.05. The molecule has 0 bridgehead atoms. The fourth-order valence-electron chi connectivity index (χ4n) is 3.39. The maximum atomic E-state index is 13.0. The van der Waals surface area contributed by atoms with E-state index >= 15 is 0 Å². The van der Waals surface area contributed by atoms with Gasteiger partial charge in [-0.2, -0.15) is 5.10 Å². The van der Waals surface area contributed by atoms with Gasteiger partial charge in [0.1, 0.15) is 5.78 Å². The fraction of sp³-hybridized carbons (Fsp3) is 0.750. The Morgan fingerprint density at radius 3 is 2.76 bits per heavy atom. The predicted molar refractivity (Wildman–Crippen MR) is 88.4 cm³/mol. The number of carbonyl (C=O) groups excluding carboxylic acids is 1. The molecule has 21 heavy (non-hydrogen) atoms. The second-order valence-electron chi connectivity index (χ2n) is 6.10. The first-order chi connectivity index (χ1) is 10.0. The van der Waals surface area contributed by atoms with Gasteiger partial charge >= 0.3 is 0 Å². The SMILES string of the molecule is CCCC1(C(=O)Cc2c(Br)c(CC)nn2C)CCCNC1. The molecule has 1 aliphatic rings. The van der Waals surface area contributed by atoms with E-state index in [2.05, 4.69) is 40.2 Å². The number of halogens is 1. The first kappa shape index (κ1) is 16.7. The lowest BCUT2D eigenvalue weighted by molar-refractivity contribution is -0.129. The molecule has 0 spiro atoms. The Morgan fingerprint density at radius 1 is 1.48 bits per heavy atom. The van der Waals surface area contributed by atoms with E-state index in [1.165, 1.54) is 0 Å². The summed E-state index contributed by atoms with van der Waals surface area (Å²) in [6.07, 6.45) is 5.51. The van der Waals surface area contributed by atoms with Crippen molar-refractivity contribution in [2.24, 2.45) is 12.5 Å². The van der Waals surface area contributed by atoms with E-state index in [1.807, 2.05) is 11.7 Å². The van der Waals surface area contributed by atoms with Crippen LogP contribution in [0.1, 0.15) is 50.9 Å². The van der Waals surface area contributed by atoms with Gasteiger partial charge in [-0.15, -0.1) is 0 Å². The Kier molecular flexibility index (Phi) is 5.60. The van der Waals surface area contributed by atoms with E-state index in [0.29, 0.717) is 12.2 Å². The van der Waals surface area contributed by atoms with Crippen molar-refractivity contribution in [1.82, 2.24) is 15.1 Å². The van der Waals surface area contributed by atoms with Crippen LogP contribution in [-0.2, 0) is 24.7 Å².